The number of anilines is 1. The summed E-state index contributed by atoms with van der Waals surface area (Å²) in [6.07, 6.45) is 0.424. The number of carbonyl (C=O) groups is 2. The first-order valence-corrected chi connectivity index (χ1v) is 9.06. The molecule has 5 nitrogen and oxygen atoms in total. The summed E-state index contributed by atoms with van der Waals surface area (Å²) in [7, 11) is 0. The summed E-state index contributed by atoms with van der Waals surface area (Å²) in [5.74, 6) is 0.931. The van der Waals surface area contributed by atoms with Gasteiger partial charge >= 0.3 is 0 Å². The molecular weight excluding hydrogens is 364 g/mol. The molecule has 0 saturated heterocycles. The van der Waals surface area contributed by atoms with Gasteiger partial charge in [-0.25, -0.2) is 4.98 Å². The predicted molar refractivity (Wildman–Crippen MR) is 103 cm³/mol. The Kier molecular flexibility index (Phi) is 4.54. The van der Waals surface area contributed by atoms with E-state index in [2.05, 4.69) is 4.98 Å². The molecule has 0 fully saturated rings. The molecule has 1 aliphatic rings. The lowest BCUT2D eigenvalue weighted by atomic mass is 10.00. The molecule has 136 valence electrons. The van der Waals surface area contributed by atoms with E-state index < -0.39 is 0 Å². The first-order chi connectivity index (χ1) is 13.0. The van der Waals surface area contributed by atoms with E-state index >= 15 is 0 Å². The second-order valence-electron chi connectivity index (χ2n) is 6.41. The van der Waals surface area contributed by atoms with E-state index in [1.54, 1.807) is 30.0 Å². The number of para-hydroxylation sites is 1. The lowest BCUT2D eigenvalue weighted by Gasteiger charge is -2.28. The smallest absolute Gasteiger partial charge is 0.233 e. The van der Waals surface area contributed by atoms with Crippen molar-refractivity contribution in [1.29, 1.82) is 0 Å². The number of fused-ring (bicyclic) bond motifs is 1. The largest absolute Gasteiger partial charge is 0.441 e. The van der Waals surface area contributed by atoms with Crippen molar-refractivity contribution in [2.75, 3.05) is 11.4 Å². The van der Waals surface area contributed by atoms with Crippen LogP contribution in [0.15, 0.2) is 52.9 Å². The number of halogens is 1. The summed E-state index contributed by atoms with van der Waals surface area (Å²) in [6.45, 7) is 2.16. The van der Waals surface area contributed by atoms with Crippen LogP contribution in [-0.4, -0.2) is 23.2 Å². The van der Waals surface area contributed by atoms with Crippen molar-refractivity contribution in [3.8, 4) is 11.5 Å². The number of benzene rings is 2. The molecule has 0 spiro atoms. The van der Waals surface area contributed by atoms with Crippen molar-refractivity contribution in [3.63, 3.8) is 0 Å². The number of aromatic nitrogens is 1. The molecule has 6 heteroatoms. The zero-order valence-electron chi connectivity index (χ0n) is 14.7. The molecule has 1 amide bonds. The molecule has 2 heterocycles. The maximum absolute atomic E-state index is 12.9. The molecule has 4 rings (SSSR count). The number of hydrogen-bond donors (Lipinski definition) is 0. The number of Topliss-reactive ketones (excluding diaryl/α,β-unsaturated/α-hetero) is 1. The van der Waals surface area contributed by atoms with Crippen LogP contribution in [0.2, 0.25) is 5.02 Å². The Hall–Kier alpha value is -2.92. The average Bonchev–Trinajstić information content (AvgIpc) is 3.02. The normalized spacial score (nSPS) is 13.6. The van der Waals surface area contributed by atoms with Crippen LogP contribution in [0.5, 0.6) is 0 Å². The van der Waals surface area contributed by atoms with Crippen LogP contribution in [0.3, 0.4) is 0 Å². The van der Waals surface area contributed by atoms with Crippen molar-refractivity contribution in [3.05, 3.63) is 70.6 Å². The number of rotatable bonds is 3. The number of nitrogens with zero attached hydrogens (tertiary/aromatic N) is 2. The fraction of sp³-hybridized carbons (Fsp3) is 0.190. The maximum atomic E-state index is 12.9. The number of oxazole rings is 1. The number of carbonyl (C=O) groups excluding carboxylic acids is 2. The quantitative estimate of drug-likeness (QED) is 0.672. The van der Waals surface area contributed by atoms with Gasteiger partial charge in [0.25, 0.3) is 0 Å². The number of amides is 1. The lowest BCUT2D eigenvalue weighted by molar-refractivity contribution is -0.118. The molecule has 1 aromatic heterocycles. The number of aryl methyl sites for hydroxylation is 1. The van der Waals surface area contributed by atoms with Crippen LogP contribution >= 0.6 is 11.6 Å². The molecule has 0 saturated carbocycles. The Morgan fingerprint density at radius 3 is 2.63 bits per heavy atom. The summed E-state index contributed by atoms with van der Waals surface area (Å²) in [5.41, 5.74) is 2.51. The fourth-order valence-electron chi connectivity index (χ4n) is 3.25. The Morgan fingerprint density at radius 1 is 1.15 bits per heavy atom. The van der Waals surface area contributed by atoms with Crippen LogP contribution in [0.1, 0.15) is 28.2 Å². The number of hydrogen-bond acceptors (Lipinski definition) is 4. The summed E-state index contributed by atoms with van der Waals surface area (Å²) < 4.78 is 5.74. The van der Waals surface area contributed by atoms with Gasteiger partial charge in [-0.05, 0) is 31.2 Å². The Morgan fingerprint density at radius 2 is 1.85 bits per heavy atom. The minimum absolute atomic E-state index is 0.0632. The average molecular weight is 381 g/mol. The van der Waals surface area contributed by atoms with E-state index in [4.69, 9.17) is 16.0 Å². The molecule has 1 aliphatic heterocycles. The molecule has 2 aromatic carbocycles. The third-order valence-electron chi connectivity index (χ3n) is 4.67. The zero-order valence-corrected chi connectivity index (χ0v) is 15.5. The van der Waals surface area contributed by atoms with Crippen LogP contribution < -0.4 is 4.90 Å². The summed E-state index contributed by atoms with van der Waals surface area (Å²) >= 11 is 6.21. The SMILES string of the molecule is Cc1oc(-c2ccccc2Cl)nc1CC(=O)N1CCC(=O)c2ccccc21. The summed E-state index contributed by atoms with van der Waals surface area (Å²) in [5, 5.41) is 0.542. The van der Waals surface area contributed by atoms with Gasteiger partial charge in [0.1, 0.15) is 5.76 Å². The molecule has 27 heavy (non-hydrogen) atoms. The Bertz CT molecular complexity index is 1040. The second kappa shape index (κ2) is 7.00. The van der Waals surface area contributed by atoms with Crippen LogP contribution in [-0.2, 0) is 11.2 Å². The van der Waals surface area contributed by atoms with Gasteiger partial charge in [0.05, 0.1) is 28.4 Å². The summed E-state index contributed by atoms with van der Waals surface area (Å²) in [6, 6.07) is 14.5. The van der Waals surface area contributed by atoms with Crippen molar-refractivity contribution >= 4 is 29.0 Å². The standard InChI is InChI=1S/C21H17ClN2O3/c1-13-17(23-21(27-13)14-6-2-4-8-16(14)22)12-20(26)24-11-10-19(25)15-7-3-5-9-18(15)24/h2-9H,10-12H2,1H3. The van der Waals surface area contributed by atoms with Crippen LogP contribution in [0.4, 0.5) is 5.69 Å². The first kappa shape index (κ1) is 17.5. The summed E-state index contributed by atoms with van der Waals surface area (Å²) in [4.78, 5) is 31.1. The van der Waals surface area contributed by atoms with Crippen molar-refractivity contribution in [2.24, 2.45) is 0 Å². The lowest BCUT2D eigenvalue weighted by Crippen LogP contribution is -2.38. The third kappa shape index (κ3) is 3.26. The van der Waals surface area contributed by atoms with E-state index in [0.717, 1.165) is 0 Å². The monoisotopic (exact) mass is 380 g/mol. The van der Waals surface area contributed by atoms with Gasteiger partial charge in [-0.1, -0.05) is 35.9 Å². The van der Waals surface area contributed by atoms with Crippen molar-refractivity contribution in [2.45, 2.75) is 19.8 Å². The topological polar surface area (TPSA) is 63.4 Å². The third-order valence-corrected chi connectivity index (χ3v) is 5.00. The highest BCUT2D eigenvalue weighted by atomic mass is 35.5. The van der Waals surface area contributed by atoms with E-state index in [1.807, 2.05) is 30.3 Å². The maximum Gasteiger partial charge on any atom is 0.233 e. The first-order valence-electron chi connectivity index (χ1n) is 8.68. The molecule has 0 aliphatic carbocycles. The van der Waals surface area contributed by atoms with E-state index in [0.29, 0.717) is 52.1 Å². The fourth-order valence-corrected chi connectivity index (χ4v) is 3.47. The van der Waals surface area contributed by atoms with Gasteiger partial charge in [0, 0.05) is 18.5 Å². The second-order valence-corrected chi connectivity index (χ2v) is 6.82. The van der Waals surface area contributed by atoms with Gasteiger partial charge in [-0.3, -0.25) is 9.59 Å². The number of ketones is 1. The molecule has 0 unspecified atom stereocenters. The van der Waals surface area contributed by atoms with E-state index in [1.165, 1.54) is 0 Å². The van der Waals surface area contributed by atoms with Crippen LogP contribution in [0.25, 0.3) is 11.5 Å². The highest BCUT2D eigenvalue weighted by Crippen LogP contribution is 2.30. The molecule has 0 atom stereocenters. The van der Waals surface area contributed by atoms with Gasteiger partial charge in [0.2, 0.25) is 11.8 Å². The molecular formula is C21H17ClN2O3. The Balaban J connectivity index is 1.60. The van der Waals surface area contributed by atoms with E-state index in [9.17, 15) is 9.59 Å². The van der Waals surface area contributed by atoms with Gasteiger partial charge in [-0.2, -0.15) is 0 Å². The van der Waals surface area contributed by atoms with Crippen molar-refractivity contribution < 1.29 is 14.0 Å². The van der Waals surface area contributed by atoms with E-state index in [-0.39, 0.29) is 18.1 Å². The van der Waals surface area contributed by atoms with Gasteiger partial charge in [0.15, 0.2) is 5.78 Å². The minimum Gasteiger partial charge on any atom is -0.441 e. The highest BCUT2D eigenvalue weighted by Gasteiger charge is 2.28. The molecule has 0 N–H and O–H groups in total. The molecule has 0 bridgehead atoms. The Labute approximate surface area is 161 Å². The molecule has 3 aromatic rings. The van der Waals surface area contributed by atoms with Crippen LogP contribution in [0, 0.1) is 6.92 Å². The van der Waals surface area contributed by atoms with Gasteiger partial charge < -0.3 is 9.32 Å². The predicted octanol–water partition coefficient (Wildman–Crippen LogP) is 4.47. The van der Waals surface area contributed by atoms with Crippen molar-refractivity contribution in [1.82, 2.24) is 4.98 Å². The molecule has 0 radical (unpaired) electrons. The zero-order chi connectivity index (χ0) is 19.0. The minimum atomic E-state index is -0.114. The highest BCUT2D eigenvalue weighted by molar-refractivity contribution is 6.33. The van der Waals surface area contributed by atoms with Gasteiger partial charge in [-0.15, -0.1) is 0 Å².